The number of rotatable bonds is 3. The molecule has 0 aromatic carbocycles. The fourth-order valence-electron chi connectivity index (χ4n) is 1.70. The summed E-state index contributed by atoms with van der Waals surface area (Å²) >= 11 is 0. The highest BCUT2D eigenvalue weighted by atomic mass is 16.3. The van der Waals surface area contributed by atoms with Gasteiger partial charge in [0.05, 0.1) is 12.1 Å². The fraction of sp³-hybridized carbons (Fsp3) is 0.364. The third kappa shape index (κ3) is 2.20. The van der Waals surface area contributed by atoms with Crippen LogP contribution in [-0.2, 0) is 6.54 Å². The minimum Gasteiger partial charge on any atom is -0.466 e. The van der Waals surface area contributed by atoms with Crippen molar-refractivity contribution >= 4 is 5.91 Å². The van der Waals surface area contributed by atoms with Crippen LogP contribution in [0.25, 0.3) is 0 Å². The van der Waals surface area contributed by atoms with Crippen molar-refractivity contribution in [2.24, 2.45) is 0 Å². The molecule has 2 N–H and O–H groups in total. The van der Waals surface area contributed by atoms with Gasteiger partial charge in [0.25, 0.3) is 5.91 Å². The SMILES string of the molecule is Cc1oc(C)c(C(=O)NCc2ncn[nH]2)c1C. The van der Waals surface area contributed by atoms with Gasteiger partial charge in [0, 0.05) is 5.56 Å². The Bertz CT molecular complexity index is 528. The van der Waals surface area contributed by atoms with Gasteiger partial charge in [-0.15, -0.1) is 0 Å². The zero-order valence-electron chi connectivity index (χ0n) is 10.00. The average molecular weight is 234 g/mol. The van der Waals surface area contributed by atoms with E-state index in [4.69, 9.17) is 4.42 Å². The Morgan fingerprint density at radius 1 is 1.41 bits per heavy atom. The van der Waals surface area contributed by atoms with E-state index in [1.54, 1.807) is 6.92 Å². The molecular formula is C11H14N4O2. The summed E-state index contributed by atoms with van der Waals surface area (Å²) in [6, 6.07) is 0. The Hall–Kier alpha value is -2.11. The molecule has 2 aromatic heterocycles. The molecule has 6 nitrogen and oxygen atoms in total. The quantitative estimate of drug-likeness (QED) is 0.837. The number of amides is 1. The van der Waals surface area contributed by atoms with Crippen LogP contribution >= 0.6 is 0 Å². The molecule has 0 atom stereocenters. The van der Waals surface area contributed by atoms with Crippen molar-refractivity contribution in [3.05, 3.63) is 34.8 Å². The second kappa shape index (κ2) is 4.40. The minimum absolute atomic E-state index is 0.159. The summed E-state index contributed by atoms with van der Waals surface area (Å²) in [6.45, 7) is 5.82. The Labute approximate surface area is 98.4 Å². The molecule has 1 amide bonds. The molecule has 0 spiro atoms. The van der Waals surface area contributed by atoms with Crippen LogP contribution in [0.5, 0.6) is 0 Å². The summed E-state index contributed by atoms with van der Waals surface area (Å²) < 4.78 is 5.41. The van der Waals surface area contributed by atoms with Crippen LogP contribution in [0.4, 0.5) is 0 Å². The number of nitrogens with zero attached hydrogens (tertiary/aromatic N) is 2. The Morgan fingerprint density at radius 2 is 2.18 bits per heavy atom. The van der Waals surface area contributed by atoms with E-state index in [0.717, 1.165) is 11.3 Å². The van der Waals surface area contributed by atoms with Gasteiger partial charge in [0.1, 0.15) is 23.7 Å². The number of carbonyl (C=O) groups excluding carboxylic acids is 1. The predicted molar refractivity (Wildman–Crippen MR) is 60.5 cm³/mol. The van der Waals surface area contributed by atoms with E-state index in [0.29, 0.717) is 23.7 Å². The van der Waals surface area contributed by atoms with Crippen molar-refractivity contribution in [3.8, 4) is 0 Å². The molecule has 0 aliphatic rings. The molecule has 0 aliphatic carbocycles. The van der Waals surface area contributed by atoms with Crippen molar-refractivity contribution in [2.45, 2.75) is 27.3 Å². The Balaban J connectivity index is 2.10. The van der Waals surface area contributed by atoms with E-state index in [1.165, 1.54) is 6.33 Å². The molecule has 0 unspecified atom stereocenters. The van der Waals surface area contributed by atoms with Gasteiger partial charge in [-0.05, 0) is 20.8 Å². The van der Waals surface area contributed by atoms with Crippen molar-refractivity contribution in [3.63, 3.8) is 0 Å². The first-order chi connectivity index (χ1) is 8.09. The predicted octanol–water partition coefficient (Wildman–Crippen LogP) is 1.25. The van der Waals surface area contributed by atoms with E-state index in [9.17, 15) is 4.79 Å². The first-order valence-electron chi connectivity index (χ1n) is 5.28. The van der Waals surface area contributed by atoms with Crippen LogP contribution in [-0.4, -0.2) is 21.1 Å². The van der Waals surface area contributed by atoms with Crippen LogP contribution in [0, 0.1) is 20.8 Å². The van der Waals surface area contributed by atoms with E-state index < -0.39 is 0 Å². The van der Waals surface area contributed by atoms with Crippen LogP contribution in [0.2, 0.25) is 0 Å². The number of carbonyl (C=O) groups is 1. The normalized spacial score (nSPS) is 10.5. The molecule has 0 saturated heterocycles. The number of hydrogen-bond donors (Lipinski definition) is 2. The second-order valence-electron chi connectivity index (χ2n) is 3.83. The standard InChI is InChI=1S/C11H14N4O2/c1-6-7(2)17-8(3)10(6)11(16)12-4-9-13-5-14-15-9/h5H,4H2,1-3H3,(H,12,16)(H,13,14,15). The molecular weight excluding hydrogens is 220 g/mol. The van der Waals surface area contributed by atoms with Gasteiger partial charge in [-0.1, -0.05) is 0 Å². The number of nitrogens with one attached hydrogen (secondary N) is 2. The molecule has 90 valence electrons. The van der Waals surface area contributed by atoms with Gasteiger partial charge in [0.2, 0.25) is 0 Å². The van der Waals surface area contributed by atoms with E-state index in [-0.39, 0.29) is 5.91 Å². The summed E-state index contributed by atoms with van der Waals surface area (Å²) in [7, 11) is 0. The summed E-state index contributed by atoms with van der Waals surface area (Å²) in [4.78, 5) is 15.9. The zero-order chi connectivity index (χ0) is 12.4. The summed E-state index contributed by atoms with van der Waals surface area (Å²) in [5.74, 6) is 1.87. The summed E-state index contributed by atoms with van der Waals surface area (Å²) in [6.07, 6.45) is 1.40. The maximum absolute atomic E-state index is 12.0. The minimum atomic E-state index is -0.159. The highest BCUT2D eigenvalue weighted by Crippen LogP contribution is 2.20. The molecule has 2 rings (SSSR count). The third-order valence-corrected chi connectivity index (χ3v) is 2.67. The number of aromatic amines is 1. The van der Waals surface area contributed by atoms with Crippen molar-refractivity contribution in [1.82, 2.24) is 20.5 Å². The largest absolute Gasteiger partial charge is 0.466 e. The number of H-pyrrole nitrogens is 1. The third-order valence-electron chi connectivity index (χ3n) is 2.67. The number of furan rings is 1. The van der Waals surface area contributed by atoms with E-state index >= 15 is 0 Å². The molecule has 0 fully saturated rings. The lowest BCUT2D eigenvalue weighted by molar-refractivity contribution is 0.0948. The topological polar surface area (TPSA) is 83.8 Å². The highest BCUT2D eigenvalue weighted by Gasteiger charge is 2.18. The molecule has 17 heavy (non-hydrogen) atoms. The molecule has 6 heteroatoms. The molecule has 2 aromatic rings. The number of hydrogen-bond acceptors (Lipinski definition) is 4. The van der Waals surface area contributed by atoms with Crippen LogP contribution < -0.4 is 5.32 Å². The molecule has 2 heterocycles. The number of aryl methyl sites for hydroxylation is 2. The molecule has 0 saturated carbocycles. The Kier molecular flexibility index (Phi) is 2.95. The molecule has 0 radical (unpaired) electrons. The monoisotopic (exact) mass is 234 g/mol. The van der Waals surface area contributed by atoms with Gasteiger partial charge in [-0.3, -0.25) is 9.89 Å². The first-order valence-corrected chi connectivity index (χ1v) is 5.28. The van der Waals surface area contributed by atoms with Gasteiger partial charge in [-0.2, -0.15) is 5.10 Å². The highest BCUT2D eigenvalue weighted by molar-refractivity contribution is 5.96. The lowest BCUT2D eigenvalue weighted by Gasteiger charge is -2.02. The smallest absolute Gasteiger partial charge is 0.255 e. The van der Waals surface area contributed by atoms with Crippen molar-refractivity contribution in [1.29, 1.82) is 0 Å². The zero-order valence-corrected chi connectivity index (χ0v) is 10.00. The fourth-order valence-corrected chi connectivity index (χ4v) is 1.70. The molecule has 0 aliphatic heterocycles. The lowest BCUT2D eigenvalue weighted by Crippen LogP contribution is -2.24. The van der Waals surface area contributed by atoms with Crippen LogP contribution in [0.15, 0.2) is 10.7 Å². The van der Waals surface area contributed by atoms with Crippen molar-refractivity contribution < 1.29 is 9.21 Å². The maximum Gasteiger partial charge on any atom is 0.255 e. The summed E-state index contributed by atoms with van der Waals surface area (Å²) in [5, 5.41) is 9.15. The van der Waals surface area contributed by atoms with Gasteiger partial charge < -0.3 is 9.73 Å². The lowest BCUT2D eigenvalue weighted by atomic mass is 10.1. The Morgan fingerprint density at radius 3 is 2.71 bits per heavy atom. The van der Waals surface area contributed by atoms with Crippen LogP contribution in [0.3, 0.4) is 0 Å². The van der Waals surface area contributed by atoms with Gasteiger partial charge in [0.15, 0.2) is 0 Å². The second-order valence-corrected chi connectivity index (χ2v) is 3.83. The average Bonchev–Trinajstić information content (AvgIpc) is 2.86. The summed E-state index contributed by atoms with van der Waals surface area (Å²) in [5.41, 5.74) is 1.47. The van der Waals surface area contributed by atoms with Crippen LogP contribution in [0.1, 0.15) is 33.3 Å². The number of aromatic nitrogens is 3. The first kappa shape index (κ1) is 11.4. The van der Waals surface area contributed by atoms with E-state index in [1.807, 2.05) is 13.8 Å². The van der Waals surface area contributed by atoms with E-state index in [2.05, 4.69) is 20.5 Å². The van der Waals surface area contributed by atoms with Gasteiger partial charge in [-0.25, -0.2) is 4.98 Å². The molecule has 0 bridgehead atoms. The van der Waals surface area contributed by atoms with Gasteiger partial charge >= 0.3 is 0 Å². The maximum atomic E-state index is 12.0. The van der Waals surface area contributed by atoms with Crippen molar-refractivity contribution in [2.75, 3.05) is 0 Å².